The van der Waals surface area contributed by atoms with Gasteiger partial charge in [0.2, 0.25) is 5.91 Å². The number of nitrogens with zero attached hydrogens (tertiary/aromatic N) is 3. The summed E-state index contributed by atoms with van der Waals surface area (Å²) in [6, 6.07) is 11.7. The molecule has 4 rings (SSSR count). The Morgan fingerprint density at radius 3 is 1.88 bits per heavy atom. The quantitative estimate of drug-likeness (QED) is 0.659. The predicted molar refractivity (Wildman–Crippen MR) is 122 cm³/mol. The molecule has 0 unspecified atom stereocenters. The molecule has 9 heteroatoms. The highest BCUT2D eigenvalue weighted by atomic mass is 19.1. The van der Waals surface area contributed by atoms with Gasteiger partial charge in [-0.25, -0.2) is 13.6 Å². The van der Waals surface area contributed by atoms with E-state index >= 15 is 0 Å². The van der Waals surface area contributed by atoms with Gasteiger partial charge in [-0.2, -0.15) is 0 Å². The number of hydrogen-bond donors (Lipinski definition) is 1. The van der Waals surface area contributed by atoms with Crippen LogP contribution in [0.15, 0.2) is 48.5 Å². The first-order valence-corrected chi connectivity index (χ1v) is 11.4. The number of benzene rings is 2. The Morgan fingerprint density at radius 1 is 0.941 bits per heavy atom. The minimum absolute atomic E-state index is 0.227. The summed E-state index contributed by atoms with van der Waals surface area (Å²) in [7, 11) is 0. The van der Waals surface area contributed by atoms with Crippen LogP contribution in [0.5, 0.6) is 0 Å². The maximum Gasteiger partial charge on any atom is 0.325 e. The lowest BCUT2D eigenvalue weighted by atomic mass is 9.96. The zero-order chi connectivity index (χ0) is 24.5. The van der Waals surface area contributed by atoms with E-state index in [1.165, 1.54) is 24.3 Å². The summed E-state index contributed by atoms with van der Waals surface area (Å²) >= 11 is 0. The molecule has 0 aromatic heterocycles. The molecular weight excluding hydrogens is 442 g/mol. The van der Waals surface area contributed by atoms with Gasteiger partial charge < -0.3 is 10.2 Å². The van der Waals surface area contributed by atoms with E-state index in [1.54, 1.807) is 43.0 Å². The summed E-state index contributed by atoms with van der Waals surface area (Å²) in [6.45, 7) is 5.04. The van der Waals surface area contributed by atoms with Crippen LogP contribution >= 0.6 is 0 Å². The molecule has 2 fully saturated rings. The highest BCUT2D eigenvalue weighted by Crippen LogP contribution is 2.30. The molecule has 2 aromatic carbocycles. The van der Waals surface area contributed by atoms with E-state index < -0.39 is 11.6 Å². The van der Waals surface area contributed by atoms with Gasteiger partial charge in [-0.05, 0) is 48.7 Å². The van der Waals surface area contributed by atoms with E-state index in [9.17, 15) is 23.2 Å². The van der Waals surface area contributed by atoms with Crippen molar-refractivity contribution < 1.29 is 23.2 Å². The van der Waals surface area contributed by atoms with Crippen molar-refractivity contribution in [2.24, 2.45) is 0 Å². The van der Waals surface area contributed by atoms with Gasteiger partial charge in [-0.3, -0.25) is 19.4 Å². The molecule has 0 bridgehead atoms. The van der Waals surface area contributed by atoms with Crippen LogP contribution in [-0.4, -0.2) is 70.8 Å². The number of carbonyl (C=O) groups is 3. The van der Waals surface area contributed by atoms with E-state index in [2.05, 4.69) is 10.2 Å². The van der Waals surface area contributed by atoms with Crippen molar-refractivity contribution in [2.45, 2.75) is 31.8 Å². The Labute approximate surface area is 197 Å². The predicted octanol–water partition coefficient (Wildman–Crippen LogP) is 2.92. The maximum atomic E-state index is 13.5. The van der Waals surface area contributed by atoms with Crippen molar-refractivity contribution in [2.75, 3.05) is 32.7 Å². The SMILES string of the molecule is CC[C@]1(C)NC(=O)N(CC(=O)N2CCN(C(c3ccc(F)cc3)c3ccc(F)cc3)CC2)C1=O. The molecule has 1 N–H and O–H groups in total. The van der Waals surface area contributed by atoms with Crippen LogP contribution in [0, 0.1) is 11.6 Å². The Hall–Kier alpha value is -3.33. The molecule has 0 spiro atoms. The van der Waals surface area contributed by atoms with Crippen LogP contribution in [0.25, 0.3) is 0 Å². The number of piperazine rings is 1. The molecule has 180 valence electrons. The van der Waals surface area contributed by atoms with Crippen LogP contribution in [0.3, 0.4) is 0 Å². The molecule has 1 atom stereocenters. The van der Waals surface area contributed by atoms with Gasteiger partial charge in [-0.15, -0.1) is 0 Å². The van der Waals surface area contributed by atoms with E-state index in [0.717, 1.165) is 16.0 Å². The van der Waals surface area contributed by atoms with Gasteiger partial charge in [0.05, 0.1) is 6.04 Å². The number of hydrogen-bond acceptors (Lipinski definition) is 4. The largest absolute Gasteiger partial charge is 0.339 e. The summed E-state index contributed by atoms with van der Waals surface area (Å²) in [6.07, 6.45) is 0.440. The molecule has 0 radical (unpaired) electrons. The Kier molecular flexibility index (Phi) is 6.65. The summed E-state index contributed by atoms with van der Waals surface area (Å²) < 4.78 is 27.0. The van der Waals surface area contributed by atoms with Gasteiger partial charge in [0, 0.05) is 26.2 Å². The smallest absolute Gasteiger partial charge is 0.325 e. The average molecular weight is 471 g/mol. The molecule has 2 aliphatic heterocycles. The molecule has 4 amide bonds. The molecule has 34 heavy (non-hydrogen) atoms. The number of nitrogens with one attached hydrogen (secondary N) is 1. The van der Waals surface area contributed by atoms with Crippen molar-refractivity contribution in [1.82, 2.24) is 20.0 Å². The molecule has 2 aliphatic rings. The topological polar surface area (TPSA) is 73.0 Å². The number of urea groups is 1. The molecule has 7 nitrogen and oxygen atoms in total. The first-order chi connectivity index (χ1) is 16.2. The normalized spacial score (nSPS) is 21.3. The van der Waals surface area contributed by atoms with Crippen molar-refractivity contribution >= 4 is 17.8 Å². The standard InChI is InChI=1S/C25H28F2N4O3/c1-3-25(2)23(33)31(24(34)28-25)16-21(32)29-12-14-30(15-13-29)22(17-4-8-19(26)9-5-17)18-6-10-20(27)11-7-18/h4-11,22H,3,12-16H2,1-2H3,(H,28,34)/t25-/m0/s1. The zero-order valence-electron chi connectivity index (χ0n) is 19.3. The first-order valence-electron chi connectivity index (χ1n) is 11.4. The van der Waals surface area contributed by atoms with Crippen molar-refractivity contribution in [3.63, 3.8) is 0 Å². The lowest BCUT2D eigenvalue weighted by Gasteiger charge is -2.40. The highest BCUT2D eigenvalue weighted by Gasteiger charge is 2.47. The molecule has 0 aliphatic carbocycles. The second-order valence-corrected chi connectivity index (χ2v) is 8.93. The summed E-state index contributed by atoms with van der Waals surface area (Å²) in [5, 5.41) is 2.66. The maximum absolute atomic E-state index is 13.5. The summed E-state index contributed by atoms with van der Waals surface area (Å²) in [4.78, 5) is 42.5. The van der Waals surface area contributed by atoms with Gasteiger partial charge in [-0.1, -0.05) is 31.2 Å². The molecule has 2 heterocycles. The monoisotopic (exact) mass is 470 g/mol. The molecule has 2 aromatic rings. The van der Waals surface area contributed by atoms with E-state index in [-0.39, 0.29) is 36.0 Å². The van der Waals surface area contributed by atoms with E-state index in [1.807, 2.05) is 0 Å². The third-order valence-corrected chi connectivity index (χ3v) is 6.75. The van der Waals surface area contributed by atoms with Crippen LogP contribution in [0.4, 0.5) is 13.6 Å². The number of imide groups is 1. The fraction of sp³-hybridized carbons (Fsp3) is 0.400. The van der Waals surface area contributed by atoms with E-state index in [4.69, 9.17) is 0 Å². The van der Waals surface area contributed by atoms with Gasteiger partial charge in [0.25, 0.3) is 5.91 Å². The van der Waals surface area contributed by atoms with Crippen LogP contribution in [-0.2, 0) is 9.59 Å². The van der Waals surface area contributed by atoms with Crippen LogP contribution in [0.2, 0.25) is 0 Å². The Balaban J connectivity index is 1.45. The van der Waals surface area contributed by atoms with Crippen LogP contribution < -0.4 is 5.32 Å². The summed E-state index contributed by atoms with van der Waals surface area (Å²) in [5.74, 6) is -1.35. The third kappa shape index (κ3) is 4.65. The zero-order valence-corrected chi connectivity index (χ0v) is 19.3. The number of halogens is 2. The first kappa shape index (κ1) is 23.8. The van der Waals surface area contributed by atoms with E-state index in [0.29, 0.717) is 32.6 Å². The second-order valence-electron chi connectivity index (χ2n) is 8.93. The highest BCUT2D eigenvalue weighted by molar-refractivity contribution is 6.08. The molecule has 0 saturated carbocycles. The lowest BCUT2D eigenvalue weighted by Crippen LogP contribution is -2.52. The lowest BCUT2D eigenvalue weighted by molar-refractivity contribution is -0.139. The molecule has 2 saturated heterocycles. The molecular formula is C25H28F2N4O3. The second kappa shape index (κ2) is 9.50. The summed E-state index contributed by atoms with van der Waals surface area (Å²) in [5.41, 5.74) is 0.755. The fourth-order valence-electron chi connectivity index (χ4n) is 4.50. The fourth-order valence-corrected chi connectivity index (χ4v) is 4.50. The van der Waals surface area contributed by atoms with Crippen molar-refractivity contribution in [3.8, 4) is 0 Å². The van der Waals surface area contributed by atoms with Crippen molar-refractivity contribution in [1.29, 1.82) is 0 Å². The Morgan fingerprint density at radius 2 is 1.44 bits per heavy atom. The Bertz CT molecular complexity index is 1020. The average Bonchev–Trinajstić information content (AvgIpc) is 3.05. The minimum atomic E-state index is -0.979. The minimum Gasteiger partial charge on any atom is -0.339 e. The number of carbonyl (C=O) groups excluding carboxylic acids is 3. The van der Waals surface area contributed by atoms with Crippen molar-refractivity contribution in [3.05, 3.63) is 71.3 Å². The number of rotatable bonds is 6. The van der Waals surface area contributed by atoms with Gasteiger partial charge in [0.15, 0.2) is 0 Å². The van der Waals surface area contributed by atoms with Crippen LogP contribution in [0.1, 0.15) is 37.4 Å². The van der Waals surface area contributed by atoms with Gasteiger partial charge >= 0.3 is 6.03 Å². The van der Waals surface area contributed by atoms with Gasteiger partial charge in [0.1, 0.15) is 23.7 Å². The third-order valence-electron chi connectivity index (χ3n) is 6.75. The number of amides is 4.